The first-order valence-corrected chi connectivity index (χ1v) is 12.2. The van der Waals surface area contributed by atoms with E-state index in [1.807, 2.05) is 0 Å². The molecule has 5 atom stereocenters. The van der Waals surface area contributed by atoms with Crippen LogP contribution in [-0.2, 0) is 9.47 Å². The second-order valence-corrected chi connectivity index (χ2v) is 10.0. The third-order valence-electron chi connectivity index (χ3n) is 8.10. The van der Waals surface area contributed by atoms with Crippen LogP contribution in [0.4, 0.5) is 4.79 Å². The number of unbranched alkanes of at least 4 members (excludes halogenated alkanes) is 3. The largest absolute Gasteiger partial charge is 0.449 e. The van der Waals surface area contributed by atoms with Crippen LogP contribution in [0.15, 0.2) is 11.6 Å². The molecular weight excluding hydrogens is 362 g/mol. The second-order valence-electron chi connectivity index (χ2n) is 10.0. The molecule has 2 aliphatic carbocycles. The highest BCUT2D eigenvalue weighted by Crippen LogP contribution is 2.53. The number of ether oxygens (including phenoxy) is 2. The van der Waals surface area contributed by atoms with Crippen LogP contribution >= 0.6 is 0 Å². The summed E-state index contributed by atoms with van der Waals surface area (Å²) in [5.41, 5.74) is 1.36. The van der Waals surface area contributed by atoms with Gasteiger partial charge in [-0.2, -0.15) is 0 Å². The van der Waals surface area contributed by atoms with Crippen LogP contribution in [0, 0.1) is 23.2 Å². The van der Waals surface area contributed by atoms with E-state index in [0.717, 1.165) is 19.3 Å². The lowest BCUT2D eigenvalue weighted by atomic mass is 9.56. The number of fused-ring (bicyclic) bond motifs is 2. The highest BCUT2D eigenvalue weighted by atomic mass is 16.6. The molecule has 1 aliphatic heterocycles. The number of allylic oxidation sites excluding steroid dienone is 1. The minimum Gasteiger partial charge on any atom is -0.449 e. The predicted molar refractivity (Wildman–Crippen MR) is 118 cm³/mol. The van der Waals surface area contributed by atoms with Crippen molar-refractivity contribution < 1.29 is 14.3 Å². The molecule has 1 saturated carbocycles. The van der Waals surface area contributed by atoms with Gasteiger partial charge in [0.2, 0.25) is 0 Å². The normalized spacial score (nSPS) is 35.1. The van der Waals surface area contributed by atoms with Crippen LogP contribution in [0.1, 0.15) is 91.9 Å². The van der Waals surface area contributed by atoms with Gasteiger partial charge in [-0.15, -0.1) is 0 Å². The van der Waals surface area contributed by atoms with Crippen molar-refractivity contribution in [3.8, 4) is 0 Å². The molecule has 0 aromatic rings. The molecule has 0 radical (unpaired) electrons. The maximum absolute atomic E-state index is 12.5. The summed E-state index contributed by atoms with van der Waals surface area (Å²) < 4.78 is 12.3. The number of carbonyl (C=O) groups excluding carboxylic acids is 1. The molecule has 29 heavy (non-hydrogen) atoms. The molecule has 3 rings (SSSR count). The Balaban J connectivity index is 1.60. The van der Waals surface area contributed by atoms with Crippen molar-refractivity contribution in [1.82, 2.24) is 5.32 Å². The summed E-state index contributed by atoms with van der Waals surface area (Å²) in [5, 5.41) is 3.10. The van der Waals surface area contributed by atoms with Crippen LogP contribution in [0.5, 0.6) is 0 Å². The fourth-order valence-corrected chi connectivity index (χ4v) is 6.08. The highest BCUT2D eigenvalue weighted by molar-refractivity contribution is 5.67. The van der Waals surface area contributed by atoms with Gasteiger partial charge in [0.25, 0.3) is 0 Å². The van der Waals surface area contributed by atoms with Gasteiger partial charge in [-0.25, -0.2) is 4.79 Å². The van der Waals surface area contributed by atoms with Crippen molar-refractivity contribution >= 4 is 6.09 Å². The zero-order valence-electron chi connectivity index (χ0n) is 19.2. The molecule has 166 valence electrons. The molecule has 4 nitrogen and oxygen atoms in total. The lowest BCUT2D eigenvalue weighted by Gasteiger charge is -2.55. The number of carbonyl (C=O) groups is 1. The minimum atomic E-state index is -0.241. The molecule has 2 fully saturated rings. The average molecular weight is 406 g/mol. The quantitative estimate of drug-likeness (QED) is 0.383. The van der Waals surface area contributed by atoms with Crippen LogP contribution in [0.2, 0.25) is 0 Å². The molecule has 0 unspecified atom stereocenters. The Bertz CT molecular complexity index is 568. The molecule has 4 heteroatoms. The summed E-state index contributed by atoms with van der Waals surface area (Å²) >= 11 is 0. The van der Waals surface area contributed by atoms with E-state index in [1.54, 1.807) is 0 Å². The van der Waals surface area contributed by atoms with Crippen LogP contribution < -0.4 is 5.32 Å². The van der Waals surface area contributed by atoms with E-state index in [4.69, 9.17) is 9.47 Å². The highest BCUT2D eigenvalue weighted by Gasteiger charge is 2.54. The van der Waals surface area contributed by atoms with Gasteiger partial charge >= 0.3 is 6.09 Å². The van der Waals surface area contributed by atoms with Crippen LogP contribution in [0.25, 0.3) is 0 Å². The van der Waals surface area contributed by atoms with Gasteiger partial charge in [-0.05, 0) is 38.0 Å². The molecule has 0 spiro atoms. The van der Waals surface area contributed by atoms with Gasteiger partial charge in [-0.1, -0.05) is 77.4 Å². The molecule has 1 saturated heterocycles. The number of amides is 1. The van der Waals surface area contributed by atoms with Crippen molar-refractivity contribution in [3.05, 3.63) is 11.6 Å². The van der Waals surface area contributed by atoms with Crippen molar-refractivity contribution in [2.24, 2.45) is 23.2 Å². The Labute approximate surface area is 178 Å². The number of rotatable bonds is 8. The van der Waals surface area contributed by atoms with Crippen LogP contribution in [-0.4, -0.2) is 31.5 Å². The summed E-state index contributed by atoms with van der Waals surface area (Å²) in [6.07, 6.45) is 14.6. The van der Waals surface area contributed by atoms with Gasteiger partial charge in [0.05, 0.1) is 12.7 Å². The zero-order valence-corrected chi connectivity index (χ0v) is 19.2. The van der Waals surface area contributed by atoms with E-state index in [0.29, 0.717) is 43.1 Å². The Morgan fingerprint density at radius 1 is 1.21 bits per heavy atom. The van der Waals surface area contributed by atoms with Crippen molar-refractivity contribution in [1.29, 1.82) is 0 Å². The van der Waals surface area contributed by atoms with E-state index in [1.165, 1.54) is 50.5 Å². The fraction of sp³-hybridized carbons (Fsp3) is 0.880. The Morgan fingerprint density at radius 2 is 1.97 bits per heavy atom. The van der Waals surface area contributed by atoms with Gasteiger partial charge in [0.15, 0.2) is 0 Å². The standard InChI is InChI=1S/C25H43NO3/c1-5-6-7-11-14-22-23-18(2)15-19(3)25(16-28-22,20(23)4)17-29-24(27)26-21-12-9-8-10-13-21/h15,19-23H,5-14,16-17H2,1-4H3,(H,26,27)/t19-,20+,22-,23-,25-/m1/s1. The summed E-state index contributed by atoms with van der Waals surface area (Å²) in [7, 11) is 0. The molecule has 0 aromatic carbocycles. The average Bonchev–Trinajstić information content (AvgIpc) is 2.70. The lowest BCUT2D eigenvalue weighted by molar-refractivity contribution is -0.165. The molecule has 0 aromatic heterocycles. The Kier molecular flexibility index (Phi) is 8.07. The van der Waals surface area contributed by atoms with Crippen molar-refractivity contribution in [2.45, 2.75) is 104 Å². The smallest absolute Gasteiger partial charge is 0.407 e. The van der Waals surface area contributed by atoms with Gasteiger partial charge < -0.3 is 14.8 Å². The number of hydrogen-bond acceptors (Lipinski definition) is 3. The monoisotopic (exact) mass is 405 g/mol. The first-order valence-electron chi connectivity index (χ1n) is 12.2. The molecule has 1 amide bonds. The molecule has 1 N–H and O–H groups in total. The van der Waals surface area contributed by atoms with E-state index in [9.17, 15) is 4.79 Å². The SMILES string of the molecule is CCCCCC[C@H]1OC[C@@]2(COC(=O)NC3CCCCC3)[C@H](C)C=C(C)[C@@H]1[C@@H]2C. The van der Waals surface area contributed by atoms with E-state index in [2.05, 4.69) is 39.1 Å². The number of hydrogen-bond donors (Lipinski definition) is 1. The third-order valence-corrected chi connectivity index (χ3v) is 8.10. The van der Waals surface area contributed by atoms with E-state index in [-0.39, 0.29) is 11.5 Å². The first-order chi connectivity index (χ1) is 14.0. The van der Waals surface area contributed by atoms with Gasteiger partial charge in [0, 0.05) is 17.4 Å². The molecule has 2 bridgehead atoms. The van der Waals surface area contributed by atoms with E-state index >= 15 is 0 Å². The first kappa shape index (κ1) is 22.7. The zero-order chi connectivity index (χ0) is 20.9. The van der Waals surface area contributed by atoms with Crippen molar-refractivity contribution in [3.63, 3.8) is 0 Å². The summed E-state index contributed by atoms with van der Waals surface area (Å²) in [6.45, 7) is 10.3. The predicted octanol–water partition coefficient (Wildman–Crippen LogP) is 6.25. The minimum absolute atomic E-state index is 0.103. The third kappa shape index (κ3) is 5.18. The fourth-order valence-electron chi connectivity index (χ4n) is 6.08. The molecule has 1 heterocycles. The van der Waals surface area contributed by atoms with Crippen molar-refractivity contribution in [2.75, 3.05) is 13.2 Å². The van der Waals surface area contributed by atoms with Gasteiger partial charge in [-0.3, -0.25) is 0 Å². The maximum atomic E-state index is 12.5. The molecule has 3 aliphatic rings. The maximum Gasteiger partial charge on any atom is 0.407 e. The number of nitrogens with one attached hydrogen (secondary N) is 1. The number of alkyl carbamates (subject to hydrolysis) is 1. The van der Waals surface area contributed by atoms with Gasteiger partial charge in [0.1, 0.15) is 6.61 Å². The lowest BCUT2D eigenvalue weighted by Crippen LogP contribution is -2.57. The Morgan fingerprint density at radius 3 is 2.69 bits per heavy atom. The summed E-state index contributed by atoms with van der Waals surface area (Å²) in [5.74, 6) is 1.28. The topological polar surface area (TPSA) is 47.6 Å². The summed E-state index contributed by atoms with van der Waals surface area (Å²) in [6, 6.07) is 0.292. The van der Waals surface area contributed by atoms with Crippen LogP contribution in [0.3, 0.4) is 0 Å². The second kappa shape index (κ2) is 10.3. The molecular formula is C25H43NO3. The Hall–Kier alpha value is -1.03. The van der Waals surface area contributed by atoms with E-state index < -0.39 is 0 Å². The summed E-state index contributed by atoms with van der Waals surface area (Å²) in [4.78, 5) is 12.5.